The number of aryl methyl sites for hydroxylation is 2. The van der Waals surface area contributed by atoms with Crippen molar-refractivity contribution in [2.75, 3.05) is 45.2 Å². The highest BCUT2D eigenvalue weighted by Crippen LogP contribution is 2.38. The van der Waals surface area contributed by atoms with Crippen molar-refractivity contribution in [2.24, 2.45) is 11.3 Å². The van der Waals surface area contributed by atoms with E-state index in [1.54, 1.807) is 7.11 Å². The summed E-state index contributed by atoms with van der Waals surface area (Å²) in [4.78, 5) is 32.2. The Bertz CT molecular complexity index is 869. The molecule has 0 radical (unpaired) electrons. The summed E-state index contributed by atoms with van der Waals surface area (Å²) in [5.41, 5.74) is 1.87. The van der Waals surface area contributed by atoms with Crippen LogP contribution >= 0.6 is 0 Å². The molecule has 2 aliphatic rings. The monoisotopic (exact) mass is 516 g/mol. The van der Waals surface area contributed by atoms with Crippen molar-refractivity contribution in [1.82, 2.24) is 15.2 Å². The van der Waals surface area contributed by atoms with Crippen LogP contribution in [0.2, 0.25) is 0 Å². The standard InChI is InChI=1S/C29H48N4O4/c1-29(2,23-11-5-4-6-12-23)28(36)32-25(27(34)35)16-19-33(20-21-37-3)18-8-7-13-24-15-14-22-10-9-17-30-26(22)31-24/h14-15,23,25H,4-13,16-21H2,1-3H3,(H,30,31)(H,32,36)(H,34,35). The molecule has 1 aliphatic heterocycles. The molecule has 0 bridgehead atoms. The summed E-state index contributed by atoms with van der Waals surface area (Å²) >= 11 is 0. The largest absolute Gasteiger partial charge is 0.480 e. The summed E-state index contributed by atoms with van der Waals surface area (Å²) in [6.07, 6.45) is 11.2. The van der Waals surface area contributed by atoms with Crippen LogP contribution in [0.1, 0.15) is 82.9 Å². The van der Waals surface area contributed by atoms with Crippen LogP contribution in [0.3, 0.4) is 0 Å². The number of nitrogens with zero attached hydrogens (tertiary/aromatic N) is 2. The van der Waals surface area contributed by atoms with Crippen molar-refractivity contribution in [3.63, 3.8) is 0 Å². The van der Waals surface area contributed by atoms with Gasteiger partial charge >= 0.3 is 5.97 Å². The van der Waals surface area contributed by atoms with E-state index in [1.165, 1.54) is 12.0 Å². The molecule has 1 atom stereocenters. The first-order chi connectivity index (χ1) is 17.8. The zero-order valence-corrected chi connectivity index (χ0v) is 23.2. The highest BCUT2D eigenvalue weighted by molar-refractivity contribution is 5.87. The van der Waals surface area contributed by atoms with Crippen molar-refractivity contribution in [1.29, 1.82) is 0 Å². The van der Waals surface area contributed by atoms with Crippen LogP contribution < -0.4 is 10.6 Å². The third kappa shape index (κ3) is 8.95. The second-order valence-corrected chi connectivity index (χ2v) is 11.3. The second-order valence-electron chi connectivity index (χ2n) is 11.3. The molecule has 1 unspecified atom stereocenters. The van der Waals surface area contributed by atoms with E-state index >= 15 is 0 Å². The minimum Gasteiger partial charge on any atom is -0.480 e. The van der Waals surface area contributed by atoms with Crippen molar-refractivity contribution < 1.29 is 19.4 Å². The van der Waals surface area contributed by atoms with Gasteiger partial charge in [-0.1, -0.05) is 39.2 Å². The highest BCUT2D eigenvalue weighted by atomic mass is 16.5. The number of amides is 1. The summed E-state index contributed by atoms with van der Waals surface area (Å²) < 4.78 is 5.29. The zero-order valence-electron chi connectivity index (χ0n) is 23.2. The number of carboxylic acids is 1. The molecule has 1 aromatic rings. The van der Waals surface area contributed by atoms with E-state index in [0.717, 1.165) is 88.9 Å². The molecule has 1 aromatic heterocycles. The Morgan fingerprint density at radius 3 is 2.68 bits per heavy atom. The number of rotatable bonds is 15. The smallest absolute Gasteiger partial charge is 0.326 e. The fourth-order valence-corrected chi connectivity index (χ4v) is 5.63. The van der Waals surface area contributed by atoms with E-state index in [9.17, 15) is 14.7 Å². The first-order valence-corrected chi connectivity index (χ1v) is 14.3. The molecule has 1 fully saturated rings. The molecule has 37 heavy (non-hydrogen) atoms. The zero-order chi connectivity index (χ0) is 26.7. The highest BCUT2D eigenvalue weighted by Gasteiger charge is 2.38. The van der Waals surface area contributed by atoms with Gasteiger partial charge in [0.1, 0.15) is 11.9 Å². The number of pyridine rings is 1. The van der Waals surface area contributed by atoms with Gasteiger partial charge in [0.15, 0.2) is 0 Å². The van der Waals surface area contributed by atoms with Gasteiger partial charge in [-0.3, -0.25) is 4.79 Å². The minimum atomic E-state index is -0.966. The van der Waals surface area contributed by atoms with Gasteiger partial charge in [-0.05, 0) is 75.5 Å². The molecule has 0 spiro atoms. The number of carbonyl (C=O) groups is 2. The maximum absolute atomic E-state index is 13.1. The van der Waals surface area contributed by atoms with E-state index in [1.807, 2.05) is 13.8 Å². The number of unbranched alkanes of at least 4 members (excludes halogenated alkanes) is 1. The average Bonchev–Trinajstić information content (AvgIpc) is 2.91. The number of fused-ring (bicyclic) bond motifs is 1. The summed E-state index contributed by atoms with van der Waals surface area (Å²) in [6.45, 7) is 7.73. The Balaban J connectivity index is 1.47. The summed E-state index contributed by atoms with van der Waals surface area (Å²) in [7, 11) is 1.68. The van der Waals surface area contributed by atoms with Crippen molar-refractivity contribution >= 4 is 17.7 Å². The van der Waals surface area contributed by atoms with Gasteiger partial charge in [-0.15, -0.1) is 0 Å². The quantitative estimate of drug-likeness (QED) is 0.299. The summed E-state index contributed by atoms with van der Waals surface area (Å²) in [6, 6.07) is 3.46. The van der Waals surface area contributed by atoms with Crippen LogP contribution in [0, 0.1) is 11.3 Å². The Labute approximate surface area is 222 Å². The second kappa shape index (κ2) is 14.7. The SMILES string of the molecule is COCCN(CCCCc1ccc2c(n1)NCCC2)CCC(NC(=O)C(C)(C)C1CCCCC1)C(=O)O. The lowest BCUT2D eigenvalue weighted by molar-refractivity contribution is -0.144. The number of aromatic nitrogens is 1. The van der Waals surface area contributed by atoms with E-state index in [-0.39, 0.29) is 5.91 Å². The fourth-order valence-electron chi connectivity index (χ4n) is 5.63. The molecular formula is C29H48N4O4. The first kappa shape index (κ1) is 29.4. The number of methoxy groups -OCH3 is 1. The first-order valence-electron chi connectivity index (χ1n) is 14.3. The third-order valence-electron chi connectivity index (χ3n) is 8.27. The molecule has 208 valence electrons. The number of anilines is 1. The third-order valence-corrected chi connectivity index (χ3v) is 8.27. The van der Waals surface area contributed by atoms with Crippen molar-refractivity contribution in [2.45, 2.75) is 90.5 Å². The number of carbonyl (C=O) groups excluding carboxylic acids is 1. The minimum absolute atomic E-state index is 0.137. The lowest BCUT2D eigenvalue weighted by atomic mass is 9.70. The van der Waals surface area contributed by atoms with E-state index < -0.39 is 17.4 Å². The van der Waals surface area contributed by atoms with Crippen LogP contribution in [-0.4, -0.2) is 72.8 Å². The van der Waals surface area contributed by atoms with Crippen LogP contribution in [0.4, 0.5) is 5.82 Å². The van der Waals surface area contributed by atoms with Gasteiger partial charge in [0.05, 0.1) is 6.61 Å². The van der Waals surface area contributed by atoms with Crippen LogP contribution in [0.15, 0.2) is 12.1 Å². The van der Waals surface area contributed by atoms with Crippen LogP contribution in [0.5, 0.6) is 0 Å². The number of aliphatic carboxylic acids is 1. The topological polar surface area (TPSA) is 104 Å². The van der Waals surface area contributed by atoms with Crippen molar-refractivity contribution in [3.8, 4) is 0 Å². The number of hydrogen-bond donors (Lipinski definition) is 3. The molecule has 0 aromatic carbocycles. The number of hydrogen-bond acceptors (Lipinski definition) is 6. The van der Waals surface area contributed by atoms with E-state index in [4.69, 9.17) is 9.72 Å². The van der Waals surface area contributed by atoms with Gasteiger partial charge < -0.3 is 25.4 Å². The maximum Gasteiger partial charge on any atom is 0.326 e. The molecule has 1 amide bonds. The lowest BCUT2D eigenvalue weighted by Crippen LogP contribution is -2.50. The molecule has 0 saturated heterocycles. The lowest BCUT2D eigenvalue weighted by Gasteiger charge is -2.36. The number of nitrogens with one attached hydrogen (secondary N) is 2. The predicted octanol–water partition coefficient (Wildman–Crippen LogP) is 4.28. The average molecular weight is 517 g/mol. The predicted molar refractivity (Wildman–Crippen MR) is 147 cm³/mol. The molecule has 8 nitrogen and oxygen atoms in total. The Hall–Kier alpha value is -2.19. The fraction of sp³-hybridized carbons (Fsp3) is 0.759. The summed E-state index contributed by atoms with van der Waals surface area (Å²) in [5, 5.41) is 16.1. The molecule has 3 rings (SSSR count). The van der Waals surface area contributed by atoms with E-state index in [0.29, 0.717) is 25.5 Å². The Morgan fingerprint density at radius 1 is 1.16 bits per heavy atom. The van der Waals surface area contributed by atoms with Gasteiger partial charge in [-0.2, -0.15) is 0 Å². The Morgan fingerprint density at radius 2 is 1.95 bits per heavy atom. The molecule has 2 heterocycles. The molecular weight excluding hydrogens is 468 g/mol. The van der Waals surface area contributed by atoms with Gasteiger partial charge in [0.25, 0.3) is 0 Å². The van der Waals surface area contributed by atoms with Crippen LogP contribution in [0.25, 0.3) is 0 Å². The van der Waals surface area contributed by atoms with Crippen LogP contribution in [-0.2, 0) is 27.2 Å². The maximum atomic E-state index is 13.1. The molecule has 1 saturated carbocycles. The van der Waals surface area contributed by atoms with Crippen molar-refractivity contribution in [3.05, 3.63) is 23.4 Å². The van der Waals surface area contributed by atoms with Gasteiger partial charge in [-0.25, -0.2) is 9.78 Å². The van der Waals surface area contributed by atoms with E-state index in [2.05, 4.69) is 27.7 Å². The normalized spacial score (nSPS) is 17.2. The molecule has 8 heteroatoms. The number of ether oxygens (including phenoxy) is 1. The van der Waals surface area contributed by atoms with Gasteiger partial charge in [0, 0.05) is 37.9 Å². The Kier molecular flexibility index (Phi) is 11.6. The molecule has 3 N–H and O–H groups in total. The van der Waals surface area contributed by atoms with Gasteiger partial charge in [0.2, 0.25) is 5.91 Å². The molecule has 1 aliphatic carbocycles. The summed E-state index contributed by atoms with van der Waals surface area (Å²) in [5.74, 6) is 0.252. The number of carboxylic acid groups (broad SMARTS) is 1.